The lowest BCUT2D eigenvalue weighted by molar-refractivity contribution is 0.0558. The zero-order valence-corrected chi connectivity index (χ0v) is 11.1. The third-order valence-corrected chi connectivity index (χ3v) is 3.30. The third kappa shape index (κ3) is 2.91. The summed E-state index contributed by atoms with van der Waals surface area (Å²) in [5.74, 6) is 0.641. The van der Waals surface area contributed by atoms with Gasteiger partial charge in [0.2, 0.25) is 5.76 Å². The minimum Gasteiger partial charge on any atom is -0.463 e. The number of rotatable bonds is 3. The standard InChI is InChI=1S/C13H20N2O3/c1-9-7-15(10(2)6-14-9)8-11-4-5-12(18-11)13(16)17-3/h4-5,9-10,14H,6-8H2,1-3H3. The van der Waals surface area contributed by atoms with Gasteiger partial charge in [-0.25, -0.2) is 4.79 Å². The molecular weight excluding hydrogens is 232 g/mol. The number of piperazine rings is 1. The molecule has 18 heavy (non-hydrogen) atoms. The van der Waals surface area contributed by atoms with E-state index in [0.29, 0.717) is 12.1 Å². The summed E-state index contributed by atoms with van der Waals surface area (Å²) < 4.78 is 10.1. The van der Waals surface area contributed by atoms with Crippen LogP contribution in [0.1, 0.15) is 30.2 Å². The van der Waals surface area contributed by atoms with Crippen molar-refractivity contribution in [3.8, 4) is 0 Å². The van der Waals surface area contributed by atoms with Crippen LogP contribution in [0.2, 0.25) is 0 Å². The molecule has 0 aliphatic carbocycles. The van der Waals surface area contributed by atoms with Crippen molar-refractivity contribution in [1.82, 2.24) is 10.2 Å². The summed E-state index contributed by atoms with van der Waals surface area (Å²) in [5.41, 5.74) is 0. The van der Waals surface area contributed by atoms with E-state index in [0.717, 1.165) is 25.4 Å². The van der Waals surface area contributed by atoms with Gasteiger partial charge in [-0.2, -0.15) is 0 Å². The van der Waals surface area contributed by atoms with Crippen LogP contribution in [0.3, 0.4) is 0 Å². The molecule has 0 saturated carbocycles. The minimum atomic E-state index is -0.428. The van der Waals surface area contributed by atoms with Crippen molar-refractivity contribution < 1.29 is 13.9 Å². The average molecular weight is 252 g/mol. The van der Waals surface area contributed by atoms with Gasteiger partial charge in [-0.15, -0.1) is 0 Å². The van der Waals surface area contributed by atoms with Crippen molar-refractivity contribution in [2.24, 2.45) is 0 Å². The highest BCUT2D eigenvalue weighted by atomic mass is 16.5. The van der Waals surface area contributed by atoms with Crippen molar-refractivity contribution in [2.75, 3.05) is 20.2 Å². The molecule has 0 radical (unpaired) electrons. The number of hydrogen-bond acceptors (Lipinski definition) is 5. The van der Waals surface area contributed by atoms with E-state index in [1.807, 2.05) is 6.07 Å². The topological polar surface area (TPSA) is 54.7 Å². The molecule has 0 aromatic carbocycles. The number of carbonyl (C=O) groups excluding carboxylic acids is 1. The summed E-state index contributed by atoms with van der Waals surface area (Å²) in [6.07, 6.45) is 0. The molecule has 2 atom stereocenters. The van der Waals surface area contributed by atoms with Gasteiger partial charge < -0.3 is 14.5 Å². The highest BCUT2D eigenvalue weighted by Gasteiger charge is 2.23. The van der Waals surface area contributed by atoms with E-state index in [1.165, 1.54) is 7.11 Å². The Morgan fingerprint density at radius 3 is 3.06 bits per heavy atom. The first-order valence-electron chi connectivity index (χ1n) is 6.24. The Labute approximate surface area is 107 Å². The molecule has 0 spiro atoms. The van der Waals surface area contributed by atoms with E-state index in [9.17, 15) is 4.79 Å². The van der Waals surface area contributed by atoms with Crippen LogP contribution in [0, 0.1) is 0 Å². The van der Waals surface area contributed by atoms with E-state index in [-0.39, 0.29) is 5.76 Å². The van der Waals surface area contributed by atoms with Gasteiger partial charge >= 0.3 is 5.97 Å². The summed E-state index contributed by atoms with van der Waals surface area (Å²) in [5, 5.41) is 3.43. The van der Waals surface area contributed by atoms with Crippen LogP contribution in [0.15, 0.2) is 16.5 Å². The molecule has 1 aliphatic rings. The first-order chi connectivity index (χ1) is 8.60. The Morgan fingerprint density at radius 2 is 2.33 bits per heavy atom. The van der Waals surface area contributed by atoms with Crippen molar-refractivity contribution in [2.45, 2.75) is 32.5 Å². The van der Waals surface area contributed by atoms with E-state index < -0.39 is 5.97 Å². The van der Waals surface area contributed by atoms with E-state index in [2.05, 4.69) is 28.8 Å². The quantitative estimate of drug-likeness (QED) is 0.820. The fourth-order valence-corrected chi connectivity index (χ4v) is 2.19. The molecule has 1 aliphatic heterocycles. The maximum absolute atomic E-state index is 11.3. The number of ether oxygens (including phenoxy) is 1. The summed E-state index contributed by atoms with van der Waals surface area (Å²) in [6, 6.07) is 4.45. The normalized spacial score (nSPS) is 25.1. The van der Waals surface area contributed by atoms with Gasteiger partial charge in [0.25, 0.3) is 0 Å². The van der Waals surface area contributed by atoms with Crippen LogP contribution in [0.25, 0.3) is 0 Å². The molecule has 1 aromatic rings. The van der Waals surface area contributed by atoms with Crippen LogP contribution in [0.4, 0.5) is 0 Å². The predicted molar refractivity (Wildman–Crippen MR) is 67.4 cm³/mol. The molecule has 2 heterocycles. The van der Waals surface area contributed by atoms with Crippen molar-refractivity contribution in [3.63, 3.8) is 0 Å². The van der Waals surface area contributed by atoms with Crippen molar-refractivity contribution in [3.05, 3.63) is 23.7 Å². The lowest BCUT2D eigenvalue weighted by Crippen LogP contribution is -2.53. The van der Waals surface area contributed by atoms with Gasteiger partial charge in [0.1, 0.15) is 5.76 Å². The molecule has 5 nitrogen and oxygen atoms in total. The summed E-state index contributed by atoms with van der Waals surface area (Å²) >= 11 is 0. The zero-order valence-electron chi connectivity index (χ0n) is 11.1. The number of nitrogens with one attached hydrogen (secondary N) is 1. The maximum Gasteiger partial charge on any atom is 0.373 e. The minimum absolute atomic E-state index is 0.267. The zero-order chi connectivity index (χ0) is 13.1. The average Bonchev–Trinajstić information content (AvgIpc) is 2.81. The van der Waals surface area contributed by atoms with Gasteiger partial charge in [0, 0.05) is 25.2 Å². The Balaban J connectivity index is 2.00. The number of furan rings is 1. The van der Waals surface area contributed by atoms with Crippen molar-refractivity contribution in [1.29, 1.82) is 0 Å². The number of esters is 1. The van der Waals surface area contributed by atoms with E-state index in [1.54, 1.807) is 6.07 Å². The number of hydrogen-bond donors (Lipinski definition) is 1. The lowest BCUT2D eigenvalue weighted by atomic mass is 10.1. The Hall–Kier alpha value is -1.33. The highest BCUT2D eigenvalue weighted by Crippen LogP contribution is 2.15. The van der Waals surface area contributed by atoms with E-state index >= 15 is 0 Å². The molecule has 1 N–H and O–H groups in total. The second-order valence-corrected chi connectivity index (χ2v) is 4.85. The fourth-order valence-electron chi connectivity index (χ4n) is 2.19. The summed E-state index contributed by atoms with van der Waals surface area (Å²) in [4.78, 5) is 13.6. The summed E-state index contributed by atoms with van der Waals surface area (Å²) in [6.45, 7) is 7.04. The first kappa shape index (κ1) is 13.1. The van der Waals surface area contributed by atoms with Gasteiger partial charge in [-0.05, 0) is 26.0 Å². The smallest absolute Gasteiger partial charge is 0.373 e. The number of carbonyl (C=O) groups is 1. The first-order valence-corrected chi connectivity index (χ1v) is 6.24. The molecule has 0 bridgehead atoms. The van der Waals surface area contributed by atoms with Crippen LogP contribution >= 0.6 is 0 Å². The molecule has 1 fully saturated rings. The summed E-state index contributed by atoms with van der Waals surface area (Å²) in [7, 11) is 1.35. The van der Waals surface area contributed by atoms with Gasteiger partial charge in [-0.1, -0.05) is 0 Å². The van der Waals surface area contributed by atoms with Gasteiger partial charge in [0.05, 0.1) is 13.7 Å². The van der Waals surface area contributed by atoms with Gasteiger partial charge in [-0.3, -0.25) is 4.90 Å². The number of methoxy groups -OCH3 is 1. The molecule has 100 valence electrons. The van der Waals surface area contributed by atoms with E-state index in [4.69, 9.17) is 4.42 Å². The second-order valence-electron chi connectivity index (χ2n) is 4.85. The maximum atomic E-state index is 11.3. The Bertz CT molecular complexity index is 416. The molecule has 1 aromatic heterocycles. The molecular formula is C13H20N2O3. The predicted octanol–water partition coefficient (Wildman–Crippen LogP) is 1.25. The fraction of sp³-hybridized carbons (Fsp3) is 0.615. The molecule has 2 unspecified atom stereocenters. The highest BCUT2D eigenvalue weighted by molar-refractivity contribution is 5.86. The van der Waals surface area contributed by atoms with Crippen LogP contribution < -0.4 is 5.32 Å². The Morgan fingerprint density at radius 1 is 1.56 bits per heavy atom. The van der Waals surface area contributed by atoms with Crippen LogP contribution in [-0.2, 0) is 11.3 Å². The van der Waals surface area contributed by atoms with Crippen molar-refractivity contribution >= 4 is 5.97 Å². The van der Waals surface area contributed by atoms with Gasteiger partial charge in [0.15, 0.2) is 0 Å². The molecule has 2 rings (SSSR count). The molecule has 5 heteroatoms. The van der Waals surface area contributed by atoms with Crippen LogP contribution in [0.5, 0.6) is 0 Å². The molecule has 0 amide bonds. The lowest BCUT2D eigenvalue weighted by Gasteiger charge is -2.36. The number of nitrogens with zero attached hydrogens (tertiary/aromatic N) is 1. The third-order valence-electron chi connectivity index (χ3n) is 3.30. The van der Waals surface area contributed by atoms with Crippen LogP contribution in [-0.4, -0.2) is 43.2 Å². The monoisotopic (exact) mass is 252 g/mol. The molecule has 1 saturated heterocycles. The Kier molecular flexibility index (Phi) is 4.04. The SMILES string of the molecule is COC(=O)c1ccc(CN2CC(C)NCC2C)o1. The second kappa shape index (κ2) is 5.54. The largest absolute Gasteiger partial charge is 0.463 e.